The Balaban J connectivity index is 1.48. The number of aromatic nitrogens is 2. The van der Waals surface area contributed by atoms with Gasteiger partial charge in [0.15, 0.2) is 0 Å². The van der Waals surface area contributed by atoms with Crippen molar-refractivity contribution in [3.8, 4) is 0 Å². The van der Waals surface area contributed by atoms with Crippen LogP contribution in [0.15, 0.2) is 12.5 Å². The zero-order valence-corrected chi connectivity index (χ0v) is 11.4. The summed E-state index contributed by atoms with van der Waals surface area (Å²) in [6.07, 6.45) is 11.5. The Labute approximate surface area is 114 Å². The van der Waals surface area contributed by atoms with Crippen LogP contribution in [-0.2, 0) is 16.1 Å². The number of hydrogen-bond acceptors (Lipinski definition) is 3. The Morgan fingerprint density at radius 3 is 2.74 bits per heavy atom. The van der Waals surface area contributed by atoms with E-state index in [0.29, 0.717) is 19.6 Å². The summed E-state index contributed by atoms with van der Waals surface area (Å²) in [5.41, 5.74) is 0. The number of nitrogens with zero attached hydrogens (tertiary/aromatic N) is 3. The number of aryl methyl sites for hydroxylation is 1. The first-order valence-corrected chi connectivity index (χ1v) is 7.09. The first kappa shape index (κ1) is 14.1. The van der Waals surface area contributed by atoms with Gasteiger partial charge in [0.2, 0.25) is 5.91 Å². The van der Waals surface area contributed by atoms with Gasteiger partial charge in [0.1, 0.15) is 6.20 Å². The van der Waals surface area contributed by atoms with Crippen molar-refractivity contribution >= 4 is 5.91 Å². The molecule has 1 radical (unpaired) electrons. The SMILES string of the molecule is O=C(CCCCCCn1c[c]nc1)N1CCOCC1. The molecule has 0 aliphatic carbocycles. The molecular formula is C14H22N3O2. The molecule has 0 spiro atoms. The molecule has 5 heteroatoms. The molecule has 1 aliphatic heterocycles. The number of amides is 1. The maximum absolute atomic E-state index is 11.9. The summed E-state index contributed by atoms with van der Waals surface area (Å²) in [5, 5.41) is 0. The predicted octanol–water partition coefficient (Wildman–Crippen LogP) is 1.49. The highest BCUT2D eigenvalue weighted by Gasteiger charge is 2.15. The largest absolute Gasteiger partial charge is 0.378 e. The maximum atomic E-state index is 11.9. The molecular weight excluding hydrogens is 242 g/mol. The highest BCUT2D eigenvalue weighted by Crippen LogP contribution is 2.08. The van der Waals surface area contributed by atoms with Gasteiger partial charge in [0.25, 0.3) is 0 Å². The van der Waals surface area contributed by atoms with E-state index in [1.54, 1.807) is 6.33 Å². The van der Waals surface area contributed by atoms with Crippen LogP contribution in [-0.4, -0.2) is 46.7 Å². The molecule has 0 atom stereocenters. The van der Waals surface area contributed by atoms with Gasteiger partial charge in [-0.25, -0.2) is 4.98 Å². The van der Waals surface area contributed by atoms with Crippen LogP contribution in [0.1, 0.15) is 32.1 Å². The van der Waals surface area contributed by atoms with Gasteiger partial charge in [-0.05, 0) is 12.8 Å². The molecule has 1 aromatic rings. The fourth-order valence-corrected chi connectivity index (χ4v) is 2.27. The third kappa shape index (κ3) is 5.03. The van der Waals surface area contributed by atoms with Crippen LogP contribution in [0.3, 0.4) is 0 Å². The lowest BCUT2D eigenvalue weighted by molar-refractivity contribution is -0.135. The molecule has 1 saturated heterocycles. The molecule has 1 amide bonds. The first-order chi connectivity index (χ1) is 9.36. The zero-order valence-electron chi connectivity index (χ0n) is 11.4. The number of hydrogen-bond donors (Lipinski definition) is 0. The third-order valence-electron chi connectivity index (χ3n) is 3.42. The second-order valence-electron chi connectivity index (χ2n) is 4.90. The molecule has 19 heavy (non-hydrogen) atoms. The molecule has 105 valence electrons. The molecule has 0 saturated carbocycles. The lowest BCUT2D eigenvalue weighted by atomic mass is 10.1. The summed E-state index contributed by atoms with van der Waals surface area (Å²) < 4.78 is 7.28. The smallest absolute Gasteiger partial charge is 0.222 e. The third-order valence-corrected chi connectivity index (χ3v) is 3.42. The van der Waals surface area contributed by atoms with Gasteiger partial charge >= 0.3 is 0 Å². The summed E-state index contributed by atoms with van der Waals surface area (Å²) in [6, 6.07) is 0. The standard InChI is InChI=1S/C14H22N3O2/c18-14(17-9-11-19-12-10-17)5-3-1-2-4-7-16-8-6-15-13-16/h8,13H,1-5,7,9-12H2. The van der Waals surface area contributed by atoms with Crippen LogP contribution in [0.2, 0.25) is 0 Å². The van der Waals surface area contributed by atoms with Crippen LogP contribution in [0, 0.1) is 6.20 Å². The Kier molecular flexibility index (Phi) is 5.88. The second-order valence-corrected chi connectivity index (χ2v) is 4.90. The number of ether oxygens (including phenoxy) is 1. The van der Waals surface area contributed by atoms with E-state index in [1.807, 2.05) is 15.7 Å². The Bertz CT molecular complexity index is 359. The van der Waals surface area contributed by atoms with Gasteiger partial charge in [0, 0.05) is 32.3 Å². The van der Waals surface area contributed by atoms with Crippen LogP contribution >= 0.6 is 0 Å². The van der Waals surface area contributed by atoms with E-state index in [1.165, 1.54) is 0 Å². The van der Waals surface area contributed by atoms with E-state index in [9.17, 15) is 4.79 Å². The quantitative estimate of drug-likeness (QED) is 0.701. The van der Waals surface area contributed by atoms with Gasteiger partial charge in [-0.2, -0.15) is 0 Å². The molecule has 1 aromatic heterocycles. The number of carbonyl (C=O) groups excluding carboxylic acids is 1. The van der Waals surface area contributed by atoms with Crippen LogP contribution in [0.25, 0.3) is 0 Å². The van der Waals surface area contributed by atoms with Crippen molar-refractivity contribution in [2.75, 3.05) is 26.3 Å². The molecule has 5 nitrogen and oxygen atoms in total. The molecule has 2 rings (SSSR count). The number of unbranched alkanes of at least 4 members (excludes halogenated alkanes) is 3. The molecule has 2 heterocycles. The summed E-state index contributed by atoms with van der Waals surface area (Å²) in [5.74, 6) is 0.285. The number of imidazole rings is 1. The number of carbonyl (C=O) groups is 1. The van der Waals surface area contributed by atoms with Crippen molar-refractivity contribution in [3.63, 3.8) is 0 Å². The second kappa shape index (κ2) is 7.94. The molecule has 0 aromatic carbocycles. The minimum absolute atomic E-state index is 0.285. The summed E-state index contributed by atoms with van der Waals surface area (Å²) >= 11 is 0. The van der Waals surface area contributed by atoms with Crippen LogP contribution in [0.5, 0.6) is 0 Å². The van der Waals surface area contributed by atoms with E-state index in [0.717, 1.165) is 45.3 Å². The van der Waals surface area contributed by atoms with Crippen molar-refractivity contribution in [3.05, 3.63) is 18.7 Å². The van der Waals surface area contributed by atoms with Gasteiger partial charge in [-0.1, -0.05) is 12.8 Å². The highest BCUT2D eigenvalue weighted by atomic mass is 16.5. The van der Waals surface area contributed by atoms with Crippen molar-refractivity contribution < 1.29 is 9.53 Å². The average molecular weight is 264 g/mol. The van der Waals surface area contributed by atoms with Gasteiger partial charge < -0.3 is 14.2 Å². The lowest BCUT2D eigenvalue weighted by Gasteiger charge is -2.26. The van der Waals surface area contributed by atoms with E-state index in [-0.39, 0.29) is 5.91 Å². The fraction of sp³-hybridized carbons (Fsp3) is 0.714. The lowest BCUT2D eigenvalue weighted by Crippen LogP contribution is -2.40. The normalized spacial score (nSPS) is 15.7. The Morgan fingerprint density at radius 1 is 1.21 bits per heavy atom. The van der Waals surface area contributed by atoms with E-state index in [4.69, 9.17) is 4.74 Å². The van der Waals surface area contributed by atoms with Crippen LogP contribution < -0.4 is 0 Å². The molecule has 1 aliphatic rings. The monoisotopic (exact) mass is 264 g/mol. The average Bonchev–Trinajstić information content (AvgIpc) is 2.96. The number of rotatable bonds is 7. The van der Waals surface area contributed by atoms with Gasteiger partial charge in [0.05, 0.1) is 19.5 Å². The zero-order chi connectivity index (χ0) is 13.3. The predicted molar refractivity (Wildman–Crippen MR) is 71.5 cm³/mol. The summed E-state index contributed by atoms with van der Waals surface area (Å²) in [7, 11) is 0. The van der Waals surface area contributed by atoms with Crippen LogP contribution in [0.4, 0.5) is 0 Å². The maximum Gasteiger partial charge on any atom is 0.222 e. The van der Waals surface area contributed by atoms with E-state index < -0.39 is 0 Å². The highest BCUT2D eigenvalue weighted by molar-refractivity contribution is 5.76. The van der Waals surface area contributed by atoms with Crippen molar-refractivity contribution in [1.82, 2.24) is 14.5 Å². The van der Waals surface area contributed by atoms with Crippen molar-refractivity contribution in [2.45, 2.75) is 38.6 Å². The fourth-order valence-electron chi connectivity index (χ4n) is 2.27. The summed E-state index contributed by atoms with van der Waals surface area (Å²) in [4.78, 5) is 17.7. The Morgan fingerprint density at radius 2 is 2.00 bits per heavy atom. The number of morpholine rings is 1. The van der Waals surface area contributed by atoms with Gasteiger partial charge in [-0.3, -0.25) is 4.79 Å². The first-order valence-electron chi connectivity index (χ1n) is 7.09. The van der Waals surface area contributed by atoms with Crippen molar-refractivity contribution in [1.29, 1.82) is 0 Å². The van der Waals surface area contributed by atoms with Crippen molar-refractivity contribution in [2.24, 2.45) is 0 Å². The van der Waals surface area contributed by atoms with E-state index in [2.05, 4.69) is 11.2 Å². The molecule has 0 bridgehead atoms. The molecule has 1 fully saturated rings. The van der Waals surface area contributed by atoms with E-state index >= 15 is 0 Å². The topological polar surface area (TPSA) is 47.4 Å². The minimum atomic E-state index is 0.285. The minimum Gasteiger partial charge on any atom is -0.378 e. The molecule has 0 N–H and O–H groups in total. The Hall–Kier alpha value is -1.36. The van der Waals surface area contributed by atoms with Gasteiger partial charge in [-0.15, -0.1) is 0 Å². The molecule has 0 unspecified atom stereocenters. The summed E-state index contributed by atoms with van der Waals surface area (Å²) in [6.45, 7) is 3.89.